The summed E-state index contributed by atoms with van der Waals surface area (Å²) in [6.07, 6.45) is 5.10. The lowest BCUT2D eigenvalue weighted by molar-refractivity contribution is 0.104. The summed E-state index contributed by atoms with van der Waals surface area (Å²) >= 11 is 3.36. The number of aromatic nitrogens is 1. The molecule has 0 saturated carbocycles. The van der Waals surface area contributed by atoms with Crippen LogP contribution in [-0.2, 0) is 0 Å². The molecule has 1 N–H and O–H groups in total. The molecule has 0 aliphatic rings. The van der Waals surface area contributed by atoms with Crippen molar-refractivity contribution in [2.45, 2.75) is 0 Å². The molecule has 16 heavy (non-hydrogen) atoms. The number of benzene rings is 1. The molecule has 0 radical (unpaired) electrons. The summed E-state index contributed by atoms with van der Waals surface area (Å²) in [6, 6.07) is 11.3. The van der Waals surface area contributed by atoms with E-state index in [1.54, 1.807) is 30.5 Å². The van der Waals surface area contributed by atoms with Gasteiger partial charge in [0.15, 0.2) is 0 Å². The highest BCUT2D eigenvalue weighted by Gasteiger charge is 2.00. The maximum absolute atomic E-state index is 11.6. The van der Waals surface area contributed by atoms with Gasteiger partial charge < -0.3 is 4.98 Å². The van der Waals surface area contributed by atoms with Gasteiger partial charge in [-0.1, -0.05) is 34.1 Å². The SMILES string of the molecule is O=C(/C=C/c1ccc(Br)cc1)c1ccc[nH]1. The number of ketones is 1. The number of allylic oxidation sites excluding steroid dienone is 1. The van der Waals surface area contributed by atoms with Crippen molar-refractivity contribution in [2.24, 2.45) is 0 Å². The normalized spacial score (nSPS) is 10.8. The lowest BCUT2D eigenvalue weighted by atomic mass is 10.2. The highest BCUT2D eigenvalue weighted by atomic mass is 79.9. The highest BCUT2D eigenvalue weighted by molar-refractivity contribution is 9.10. The first-order chi connectivity index (χ1) is 7.75. The van der Waals surface area contributed by atoms with Crippen molar-refractivity contribution in [2.75, 3.05) is 0 Å². The van der Waals surface area contributed by atoms with Crippen LogP contribution in [0.3, 0.4) is 0 Å². The number of hydrogen-bond acceptors (Lipinski definition) is 1. The van der Waals surface area contributed by atoms with Gasteiger partial charge in [-0.15, -0.1) is 0 Å². The van der Waals surface area contributed by atoms with Gasteiger partial charge in [-0.2, -0.15) is 0 Å². The van der Waals surface area contributed by atoms with Gasteiger partial charge >= 0.3 is 0 Å². The fourth-order valence-corrected chi connectivity index (χ4v) is 1.58. The van der Waals surface area contributed by atoms with Gasteiger partial charge in [-0.05, 0) is 35.9 Å². The number of carbonyl (C=O) groups excluding carboxylic acids is 1. The lowest BCUT2D eigenvalue weighted by Gasteiger charge is -1.93. The van der Waals surface area contributed by atoms with Gasteiger partial charge in [-0.25, -0.2) is 0 Å². The number of aromatic amines is 1. The molecule has 0 atom stereocenters. The van der Waals surface area contributed by atoms with E-state index in [-0.39, 0.29) is 5.78 Å². The van der Waals surface area contributed by atoms with E-state index >= 15 is 0 Å². The minimum absolute atomic E-state index is 0.0204. The zero-order chi connectivity index (χ0) is 11.4. The second-order valence-electron chi connectivity index (χ2n) is 3.33. The monoisotopic (exact) mass is 275 g/mol. The lowest BCUT2D eigenvalue weighted by Crippen LogP contribution is -1.93. The van der Waals surface area contributed by atoms with E-state index in [0.717, 1.165) is 10.0 Å². The number of carbonyl (C=O) groups is 1. The molecule has 0 aliphatic heterocycles. The second-order valence-corrected chi connectivity index (χ2v) is 4.25. The van der Waals surface area contributed by atoms with E-state index in [1.807, 2.05) is 24.3 Å². The molecule has 2 nitrogen and oxygen atoms in total. The molecule has 1 aromatic heterocycles. The van der Waals surface area contributed by atoms with Crippen LogP contribution in [0, 0.1) is 0 Å². The van der Waals surface area contributed by atoms with Crippen molar-refractivity contribution in [1.29, 1.82) is 0 Å². The Morgan fingerprint density at radius 1 is 1.19 bits per heavy atom. The molecular weight excluding hydrogens is 266 g/mol. The third kappa shape index (κ3) is 2.70. The molecule has 0 amide bonds. The summed E-state index contributed by atoms with van der Waals surface area (Å²) < 4.78 is 1.03. The number of nitrogens with one attached hydrogen (secondary N) is 1. The molecule has 0 unspecified atom stereocenters. The van der Waals surface area contributed by atoms with Crippen LogP contribution in [0.15, 0.2) is 53.1 Å². The Hall–Kier alpha value is -1.61. The Morgan fingerprint density at radius 3 is 2.56 bits per heavy atom. The third-order valence-corrected chi connectivity index (χ3v) is 2.69. The first kappa shape index (κ1) is 10.9. The van der Waals surface area contributed by atoms with Crippen LogP contribution in [0.25, 0.3) is 6.08 Å². The van der Waals surface area contributed by atoms with Crippen LogP contribution in [0.5, 0.6) is 0 Å². The van der Waals surface area contributed by atoms with Crippen molar-refractivity contribution in [3.8, 4) is 0 Å². The Balaban J connectivity index is 2.10. The quantitative estimate of drug-likeness (QED) is 0.673. The van der Waals surface area contributed by atoms with Crippen LogP contribution in [-0.4, -0.2) is 10.8 Å². The van der Waals surface area contributed by atoms with E-state index in [0.29, 0.717) is 5.69 Å². The molecular formula is C13H10BrNO. The number of H-pyrrole nitrogens is 1. The van der Waals surface area contributed by atoms with E-state index in [1.165, 1.54) is 0 Å². The van der Waals surface area contributed by atoms with Crippen LogP contribution in [0.2, 0.25) is 0 Å². The summed E-state index contributed by atoms with van der Waals surface area (Å²) in [7, 11) is 0. The molecule has 0 saturated heterocycles. The minimum Gasteiger partial charge on any atom is -0.359 e. The van der Waals surface area contributed by atoms with E-state index in [2.05, 4.69) is 20.9 Å². The van der Waals surface area contributed by atoms with E-state index < -0.39 is 0 Å². The van der Waals surface area contributed by atoms with Gasteiger partial charge in [0.25, 0.3) is 0 Å². The van der Waals surface area contributed by atoms with Crippen LogP contribution >= 0.6 is 15.9 Å². The average Bonchev–Trinajstić information content (AvgIpc) is 2.81. The van der Waals surface area contributed by atoms with Crippen LogP contribution < -0.4 is 0 Å². The first-order valence-corrected chi connectivity index (χ1v) is 5.66. The summed E-state index contributed by atoms with van der Waals surface area (Å²) in [6.45, 7) is 0. The second kappa shape index (κ2) is 4.94. The minimum atomic E-state index is -0.0204. The molecule has 3 heteroatoms. The molecule has 1 heterocycles. The maximum atomic E-state index is 11.6. The molecule has 2 aromatic rings. The molecule has 0 bridgehead atoms. The third-order valence-electron chi connectivity index (χ3n) is 2.16. The molecule has 80 valence electrons. The van der Waals surface area contributed by atoms with E-state index in [4.69, 9.17) is 0 Å². The Bertz CT molecular complexity index is 497. The molecule has 0 aliphatic carbocycles. The maximum Gasteiger partial charge on any atom is 0.201 e. The fraction of sp³-hybridized carbons (Fsp3) is 0. The van der Waals surface area contributed by atoms with Gasteiger partial charge in [0.1, 0.15) is 0 Å². The summed E-state index contributed by atoms with van der Waals surface area (Å²) in [4.78, 5) is 14.5. The first-order valence-electron chi connectivity index (χ1n) is 4.87. The average molecular weight is 276 g/mol. The molecule has 0 spiro atoms. The molecule has 1 aromatic carbocycles. The topological polar surface area (TPSA) is 32.9 Å². The highest BCUT2D eigenvalue weighted by Crippen LogP contribution is 2.11. The molecule has 0 fully saturated rings. The van der Waals surface area contributed by atoms with Gasteiger partial charge in [-0.3, -0.25) is 4.79 Å². The van der Waals surface area contributed by atoms with Gasteiger partial charge in [0.05, 0.1) is 5.69 Å². The summed E-state index contributed by atoms with van der Waals surface area (Å²) in [5.74, 6) is -0.0204. The predicted octanol–water partition coefficient (Wildman–Crippen LogP) is 3.67. The predicted molar refractivity (Wildman–Crippen MR) is 68.3 cm³/mol. The van der Waals surface area contributed by atoms with E-state index in [9.17, 15) is 4.79 Å². The molecule has 2 rings (SSSR count). The zero-order valence-corrected chi connectivity index (χ0v) is 10.1. The van der Waals surface area contributed by atoms with Crippen molar-refractivity contribution in [3.63, 3.8) is 0 Å². The van der Waals surface area contributed by atoms with Crippen molar-refractivity contribution >= 4 is 27.8 Å². The largest absolute Gasteiger partial charge is 0.359 e. The van der Waals surface area contributed by atoms with Crippen LogP contribution in [0.1, 0.15) is 16.1 Å². The van der Waals surface area contributed by atoms with Gasteiger partial charge in [0.2, 0.25) is 5.78 Å². The smallest absolute Gasteiger partial charge is 0.201 e. The summed E-state index contributed by atoms with van der Waals surface area (Å²) in [5, 5.41) is 0. The van der Waals surface area contributed by atoms with Crippen LogP contribution in [0.4, 0.5) is 0 Å². The Morgan fingerprint density at radius 2 is 1.94 bits per heavy atom. The Labute approximate surface area is 102 Å². The van der Waals surface area contributed by atoms with Crippen molar-refractivity contribution in [1.82, 2.24) is 4.98 Å². The van der Waals surface area contributed by atoms with Crippen molar-refractivity contribution < 1.29 is 4.79 Å². The number of hydrogen-bond donors (Lipinski definition) is 1. The standard InChI is InChI=1S/C13H10BrNO/c14-11-6-3-10(4-7-11)5-8-13(16)12-2-1-9-15-12/h1-9,15H/b8-5+. The van der Waals surface area contributed by atoms with Crippen molar-refractivity contribution in [3.05, 3.63) is 64.4 Å². The zero-order valence-electron chi connectivity index (χ0n) is 8.48. The number of halogens is 1. The number of rotatable bonds is 3. The van der Waals surface area contributed by atoms with Gasteiger partial charge in [0, 0.05) is 10.7 Å². The fourth-order valence-electron chi connectivity index (χ4n) is 1.32. The summed E-state index contributed by atoms with van der Waals surface area (Å²) in [5.41, 5.74) is 1.61. The Kier molecular flexibility index (Phi) is 3.37.